The number of carbonyl (C=O) groups is 1. The number of hydrogen-bond donors (Lipinski definition) is 2. The van der Waals surface area contributed by atoms with E-state index in [9.17, 15) is 4.79 Å². The van der Waals surface area contributed by atoms with Crippen molar-refractivity contribution in [1.82, 2.24) is 4.98 Å². The zero-order valence-electron chi connectivity index (χ0n) is 9.83. The fraction of sp³-hybridized carbons (Fsp3) is 0.600. The van der Waals surface area contributed by atoms with Crippen LogP contribution in [0.3, 0.4) is 0 Å². The molecule has 1 aromatic rings. The Morgan fingerprint density at radius 2 is 2.25 bits per heavy atom. The molecule has 1 heterocycles. The van der Waals surface area contributed by atoms with Crippen molar-refractivity contribution in [1.29, 1.82) is 0 Å². The van der Waals surface area contributed by atoms with Crippen LogP contribution in [0.1, 0.15) is 29.2 Å². The van der Waals surface area contributed by atoms with E-state index in [1.165, 1.54) is 11.3 Å². The van der Waals surface area contributed by atoms with Crippen molar-refractivity contribution in [3.05, 3.63) is 10.6 Å². The summed E-state index contributed by atoms with van der Waals surface area (Å²) in [4.78, 5) is 15.3. The summed E-state index contributed by atoms with van der Waals surface area (Å²) in [5.74, 6) is -0.910. The Morgan fingerprint density at radius 1 is 1.62 bits per heavy atom. The van der Waals surface area contributed by atoms with E-state index < -0.39 is 5.97 Å². The van der Waals surface area contributed by atoms with Crippen molar-refractivity contribution in [2.45, 2.75) is 25.5 Å². The number of nitrogens with zero attached hydrogens (tertiary/aromatic N) is 1. The van der Waals surface area contributed by atoms with Crippen LogP contribution < -0.4 is 5.32 Å². The maximum atomic E-state index is 10.8. The van der Waals surface area contributed by atoms with Crippen LogP contribution in [0.15, 0.2) is 0 Å². The molecule has 0 aliphatic heterocycles. The van der Waals surface area contributed by atoms with Crippen molar-refractivity contribution >= 4 is 34.2 Å². The molecule has 0 saturated carbocycles. The van der Waals surface area contributed by atoms with Crippen molar-refractivity contribution < 1.29 is 9.90 Å². The molecule has 16 heavy (non-hydrogen) atoms. The van der Waals surface area contributed by atoms with E-state index in [1.807, 2.05) is 0 Å². The van der Waals surface area contributed by atoms with Gasteiger partial charge in [0, 0.05) is 11.3 Å². The number of nitrogens with one attached hydrogen (secondary N) is 1. The Labute approximate surface area is 103 Å². The zero-order chi connectivity index (χ0) is 12.3. The summed E-state index contributed by atoms with van der Waals surface area (Å²) in [6.07, 6.45) is 2.05. The molecule has 0 aromatic carbocycles. The van der Waals surface area contributed by atoms with Crippen LogP contribution in [0, 0.1) is 6.92 Å². The predicted octanol–water partition coefficient (Wildman–Crippen LogP) is 2.70. The average molecular weight is 260 g/mol. The fourth-order valence-corrected chi connectivity index (χ4v) is 2.05. The first-order chi connectivity index (χ1) is 7.35. The number of aromatic nitrogens is 1. The zero-order valence-corrected chi connectivity index (χ0v) is 11.5. The standard InChI is InChI=1S/C10H16N2O2S2/c1-6-7(8(13)14)16-9(12-6)11-5-10(2,3)15-4/h5H2,1-4H3,(H,11,12)(H,13,14). The highest BCUT2D eigenvalue weighted by molar-refractivity contribution is 7.99. The first-order valence-corrected chi connectivity index (χ1v) is 6.89. The lowest BCUT2D eigenvalue weighted by Crippen LogP contribution is -2.25. The Bertz CT molecular complexity index is 388. The van der Waals surface area contributed by atoms with E-state index >= 15 is 0 Å². The Kier molecular flexibility index (Phi) is 4.21. The van der Waals surface area contributed by atoms with Gasteiger partial charge in [-0.05, 0) is 27.0 Å². The van der Waals surface area contributed by atoms with Crippen LogP contribution in [0.25, 0.3) is 0 Å². The molecule has 1 rings (SSSR count). The molecule has 0 radical (unpaired) electrons. The van der Waals surface area contributed by atoms with Gasteiger partial charge in [-0.25, -0.2) is 9.78 Å². The first-order valence-electron chi connectivity index (χ1n) is 4.85. The van der Waals surface area contributed by atoms with Crippen LogP contribution in [0.4, 0.5) is 5.13 Å². The van der Waals surface area contributed by atoms with Crippen LogP contribution >= 0.6 is 23.1 Å². The van der Waals surface area contributed by atoms with Crippen LogP contribution in [0.5, 0.6) is 0 Å². The molecule has 1 aromatic heterocycles. The third-order valence-electron chi connectivity index (χ3n) is 2.21. The summed E-state index contributed by atoms with van der Waals surface area (Å²) >= 11 is 2.95. The molecule has 0 fully saturated rings. The number of thioether (sulfide) groups is 1. The molecule has 0 unspecified atom stereocenters. The Balaban J connectivity index is 2.69. The summed E-state index contributed by atoms with van der Waals surface area (Å²) in [5, 5.41) is 12.7. The second-order valence-corrected chi connectivity index (χ2v) is 6.57. The summed E-state index contributed by atoms with van der Waals surface area (Å²) in [6.45, 7) is 6.73. The lowest BCUT2D eigenvalue weighted by atomic mass is 10.2. The van der Waals surface area contributed by atoms with Gasteiger partial charge in [-0.15, -0.1) is 0 Å². The van der Waals surface area contributed by atoms with Gasteiger partial charge in [-0.2, -0.15) is 11.8 Å². The number of carboxylic acid groups (broad SMARTS) is 1. The molecule has 0 atom stereocenters. The van der Waals surface area contributed by atoms with Gasteiger partial charge in [-0.3, -0.25) is 0 Å². The number of anilines is 1. The quantitative estimate of drug-likeness (QED) is 0.852. The van der Waals surface area contributed by atoms with E-state index in [1.54, 1.807) is 18.7 Å². The third-order valence-corrected chi connectivity index (χ3v) is 4.56. The lowest BCUT2D eigenvalue weighted by molar-refractivity contribution is 0.0701. The summed E-state index contributed by atoms with van der Waals surface area (Å²) < 4.78 is 0.114. The van der Waals surface area contributed by atoms with Crippen molar-refractivity contribution in [3.63, 3.8) is 0 Å². The number of hydrogen-bond acceptors (Lipinski definition) is 5. The lowest BCUT2D eigenvalue weighted by Gasteiger charge is -2.21. The van der Waals surface area contributed by atoms with Gasteiger partial charge in [0.25, 0.3) is 0 Å². The molecular weight excluding hydrogens is 244 g/mol. The largest absolute Gasteiger partial charge is 0.477 e. The third kappa shape index (κ3) is 3.38. The maximum Gasteiger partial charge on any atom is 0.347 e. The molecule has 0 aliphatic carbocycles. The summed E-state index contributed by atoms with van der Waals surface area (Å²) in [6, 6.07) is 0. The van der Waals surface area contributed by atoms with Gasteiger partial charge in [0.2, 0.25) is 0 Å². The van der Waals surface area contributed by atoms with Crippen LogP contribution in [-0.2, 0) is 0 Å². The highest BCUT2D eigenvalue weighted by Crippen LogP contribution is 2.25. The van der Waals surface area contributed by atoms with Gasteiger partial charge in [0.15, 0.2) is 5.13 Å². The second kappa shape index (κ2) is 5.05. The van der Waals surface area contributed by atoms with E-state index in [0.717, 1.165) is 6.54 Å². The molecular formula is C10H16N2O2S2. The predicted molar refractivity (Wildman–Crippen MR) is 69.9 cm³/mol. The molecule has 0 spiro atoms. The molecule has 0 bridgehead atoms. The highest BCUT2D eigenvalue weighted by atomic mass is 32.2. The highest BCUT2D eigenvalue weighted by Gasteiger charge is 2.18. The smallest absolute Gasteiger partial charge is 0.347 e. The summed E-state index contributed by atoms with van der Waals surface area (Å²) in [7, 11) is 0. The van der Waals surface area contributed by atoms with E-state index in [4.69, 9.17) is 5.11 Å². The van der Waals surface area contributed by atoms with E-state index in [2.05, 4.69) is 30.4 Å². The van der Waals surface area contributed by atoms with Gasteiger partial charge in [0.1, 0.15) is 4.88 Å². The van der Waals surface area contributed by atoms with Crippen LogP contribution in [-0.4, -0.2) is 33.6 Å². The molecule has 0 amide bonds. The second-order valence-electron chi connectivity index (χ2n) is 4.06. The number of rotatable bonds is 5. The molecule has 0 aliphatic rings. The number of aromatic carboxylic acids is 1. The Hall–Kier alpha value is -0.750. The van der Waals surface area contributed by atoms with E-state index in [-0.39, 0.29) is 4.75 Å². The number of thiazole rings is 1. The van der Waals surface area contributed by atoms with Gasteiger partial charge in [-0.1, -0.05) is 11.3 Å². The van der Waals surface area contributed by atoms with E-state index in [0.29, 0.717) is 15.7 Å². The molecule has 90 valence electrons. The van der Waals surface area contributed by atoms with Crippen molar-refractivity contribution in [3.8, 4) is 0 Å². The van der Waals surface area contributed by atoms with Gasteiger partial charge < -0.3 is 10.4 Å². The SMILES string of the molecule is CSC(C)(C)CNc1nc(C)c(C(=O)O)s1. The monoisotopic (exact) mass is 260 g/mol. The Morgan fingerprint density at radius 3 is 2.69 bits per heavy atom. The van der Waals surface area contributed by atoms with Crippen molar-refractivity contribution in [2.75, 3.05) is 18.1 Å². The maximum absolute atomic E-state index is 10.8. The van der Waals surface area contributed by atoms with Crippen LogP contribution in [0.2, 0.25) is 0 Å². The van der Waals surface area contributed by atoms with Crippen molar-refractivity contribution in [2.24, 2.45) is 0 Å². The van der Waals surface area contributed by atoms with Gasteiger partial charge >= 0.3 is 5.97 Å². The molecule has 0 saturated heterocycles. The molecule has 2 N–H and O–H groups in total. The fourth-order valence-electron chi connectivity index (χ4n) is 1.03. The molecule has 4 nitrogen and oxygen atoms in total. The van der Waals surface area contributed by atoms with Gasteiger partial charge in [0.05, 0.1) is 5.69 Å². The topological polar surface area (TPSA) is 62.2 Å². The first kappa shape index (κ1) is 13.3. The molecule has 6 heteroatoms. The minimum absolute atomic E-state index is 0.114. The summed E-state index contributed by atoms with van der Waals surface area (Å²) in [5.41, 5.74) is 0.571. The number of aryl methyl sites for hydroxylation is 1. The minimum atomic E-state index is -0.910. The normalized spacial score (nSPS) is 11.5. The number of carboxylic acids is 1. The minimum Gasteiger partial charge on any atom is -0.477 e. The average Bonchev–Trinajstić information content (AvgIpc) is 2.57.